The lowest BCUT2D eigenvalue weighted by molar-refractivity contribution is 0.306. The summed E-state index contributed by atoms with van der Waals surface area (Å²) in [4.78, 5) is 2.10. The van der Waals surface area contributed by atoms with Gasteiger partial charge >= 0.3 is 0 Å². The first-order chi connectivity index (χ1) is 6.18. The molecule has 0 aromatic heterocycles. The van der Waals surface area contributed by atoms with E-state index in [0.29, 0.717) is 11.6 Å². The Hall–Kier alpha value is -0.600. The molecule has 0 bridgehead atoms. The van der Waals surface area contributed by atoms with Crippen molar-refractivity contribution in [3.8, 4) is 0 Å². The Bertz CT molecular complexity index is 338. The molecule has 0 unspecified atom stereocenters. The largest absolute Gasteiger partial charge is 0.302 e. The van der Waals surface area contributed by atoms with E-state index in [1.54, 1.807) is 6.07 Å². The summed E-state index contributed by atoms with van der Waals surface area (Å²) in [5.41, 5.74) is 1.75. The van der Waals surface area contributed by atoms with Crippen LogP contribution in [-0.2, 0) is 13.0 Å². The molecule has 1 aromatic carbocycles. The summed E-state index contributed by atoms with van der Waals surface area (Å²) in [7, 11) is 1.99. The van der Waals surface area contributed by atoms with Crippen molar-refractivity contribution in [2.75, 3.05) is 13.6 Å². The van der Waals surface area contributed by atoms with Crippen molar-refractivity contribution >= 4 is 11.6 Å². The highest BCUT2D eigenvalue weighted by atomic mass is 35.5. The zero-order valence-corrected chi connectivity index (χ0v) is 8.24. The van der Waals surface area contributed by atoms with Crippen LogP contribution in [0.3, 0.4) is 0 Å². The molecule has 1 nitrogen and oxygen atoms in total. The van der Waals surface area contributed by atoms with Crippen molar-refractivity contribution < 1.29 is 4.39 Å². The van der Waals surface area contributed by atoms with Gasteiger partial charge in [-0.1, -0.05) is 11.6 Å². The van der Waals surface area contributed by atoms with Crippen LogP contribution >= 0.6 is 11.6 Å². The lowest BCUT2D eigenvalue weighted by Crippen LogP contribution is -2.27. The predicted octanol–water partition coefficient (Wildman–Crippen LogP) is 2.47. The topological polar surface area (TPSA) is 3.24 Å². The fourth-order valence-electron chi connectivity index (χ4n) is 1.73. The third-order valence-electron chi connectivity index (χ3n) is 2.49. The quantitative estimate of drug-likeness (QED) is 0.621. The number of likely N-dealkylation sites (N-methyl/N-ethyl adjacent to an activating group) is 1. The number of benzene rings is 1. The summed E-state index contributed by atoms with van der Waals surface area (Å²) < 4.78 is 13.3. The highest BCUT2D eigenvalue weighted by Crippen LogP contribution is 2.27. The minimum absolute atomic E-state index is 0.133. The van der Waals surface area contributed by atoms with Gasteiger partial charge in [-0.3, -0.25) is 0 Å². The van der Waals surface area contributed by atoms with Gasteiger partial charge in [-0.2, -0.15) is 0 Å². The SMILES string of the molecule is CN1CCc2c(Cl)ccc(F)c2C1. The minimum atomic E-state index is -0.133. The normalized spacial score (nSPS) is 17.2. The van der Waals surface area contributed by atoms with Crippen molar-refractivity contribution in [3.63, 3.8) is 0 Å². The molecule has 0 saturated carbocycles. The summed E-state index contributed by atoms with van der Waals surface area (Å²) in [6, 6.07) is 3.08. The van der Waals surface area contributed by atoms with Gasteiger partial charge in [-0.05, 0) is 31.2 Å². The summed E-state index contributed by atoms with van der Waals surface area (Å²) in [5, 5.41) is 0.699. The predicted molar refractivity (Wildman–Crippen MR) is 51.4 cm³/mol. The summed E-state index contributed by atoms with van der Waals surface area (Å²) in [5.74, 6) is -0.133. The molecule has 3 heteroatoms. The standard InChI is InChI=1S/C10H11ClFN/c1-13-5-4-7-8(6-13)10(12)3-2-9(7)11/h2-3H,4-6H2,1H3. The maximum atomic E-state index is 13.3. The maximum Gasteiger partial charge on any atom is 0.128 e. The molecule has 0 spiro atoms. The molecule has 0 saturated heterocycles. The van der Waals surface area contributed by atoms with Crippen LogP contribution in [0.1, 0.15) is 11.1 Å². The molecule has 1 aromatic rings. The molecule has 0 amide bonds. The molecule has 0 atom stereocenters. The van der Waals surface area contributed by atoms with Gasteiger partial charge in [0, 0.05) is 23.7 Å². The van der Waals surface area contributed by atoms with Gasteiger partial charge in [0.2, 0.25) is 0 Å². The Morgan fingerprint density at radius 3 is 2.92 bits per heavy atom. The molecule has 0 radical (unpaired) electrons. The van der Waals surface area contributed by atoms with Gasteiger partial charge < -0.3 is 4.90 Å². The van der Waals surface area contributed by atoms with Crippen LogP contribution in [0.5, 0.6) is 0 Å². The number of fused-ring (bicyclic) bond motifs is 1. The number of nitrogens with zero attached hydrogens (tertiary/aromatic N) is 1. The second-order valence-corrected chi connectivity index (χ2v) is 3.88. The minimum Gasteiger partial charge on any atom is -0.302 e. The Morgan fingerprint density at radius 2 is 2.15 bits per heavy atom. The second kappa shape index (κ2) is 3.28. The van der Waals surface area contributed by atoms with Crippen molar-refractivity contribution in [2.24, 2.45) is 0 Å². The average molecular weight is 200 g/mol. The molecule has 1 heterocycles. The molecule has 0 N–H and O–H groups in total. The van der Waals surface area contributed by atoms with Crippen LogP contribution in [0, 0.1) is 5.82 Å². The van der Waals surface area contributed by atoms with E-state index in [0.717, 1.165) is 24.1 Å². The van der Waals surface area contributed by atoms with E-state index in [9.17, 15) is 4.39 Å². The Kier molecular flexibility index (Phi) is 2.26. The van der Waals surface area contributed by atoms with Crippen molar-refractivity contribution in [1.82, 2.24) is 4.90 Å². The molecule has 0 fully saturated rings. The highest BCUT2D eigenvalue weighted by molar-refractivity contribution is 6.31. The Labute approximate surface area is 82.1 Å². The maximum absolute atomic E-state index is 13.3. The first-order valence-corrected chi connectivity index (χ1v) is 4.70. The van der Waals surface area contributed by atoms with Crippen molar-refractivity contribution in [3.05, 3.63) is 34.1 Å². The van der Waals surface area contributed by atoms with Crippen LogP contribution in [0.15, 0.2) is 12.1 Å². The van der Waals surface area contributed by atoms with E-state index in [1.165, 1.54) is 6.07 Å². The van der Waals surface area contributed by atoms with E-state index in [1.807, 2.05) is 7.05 Å². The average Bonchev–Trinajstić information content (AvgIpc) is 2.12. The highest BCUT2D eigenvalue weighted by Gasteiger charge is 2.18. The molecule has 70 valence electrons. The van der Waals surface area contributed by atoms with Gasteiger partial charge in [0.25, 0.3) is 0 Å². The van der Waals surface area contributed by atoms with Gasteiger partial charge in [-0.25, -0.2) is 4.39 Å². The summed E-state index contributed by atoms with van der Waals surface area (Å²) in [6.07, 6.45) is 0.850. The van der Waals surface area contributed by atoms with Gasteiger partial charge in [0.05, 0.1) is 0 Å². The van der Waals surface area contributed by atoms with Gasteiger partial charge in [0.15, 0.2) is 0 Å². The van der Waals surface area contributed by atoms with E-state index < -0.39 is 0 Å². The van der Waals surface area contributed by atoms with Crippen LogP contribution in [0.2, 0.25) is 5.02 Å². The summed E-state index contributed by atoms with van der Waals surface area (Å²) in [6.45, 7) is 1.62. The van der Waals surface area contributed by atoms with Crippen molar-refractivity contribution in [1.29, 1.82) is 0 Å². The third kappa shape index (κ3) is 1.56. The zero-order chi connectivity index (χ0) is 9.42. The van der Waals surface area contributed by atoms with Crippen molar-refractivity contribution in [2.45, 2.75) is 13.0 Å². The number of hydrogen-bond donors (Lipinski definition) is 0. The fraction of sp³-hybridized carbons (Fsp3) is 0.400. The first-order valence-electron chi connectivity index (χ1n) is 4.33. The van der Waals surface area contributed by atoms with E-state index in [4.69, 9.17) is 11.6 Å². The molecule has 2 rings (SSSR count). The monoisotopic (exact) mass is 199 g/mol. The van der Waals surface area contributed by atoms with Crippen LogP contribution in [0.4, 0.5) is 4.39 Å². The zero-order valence-electron chi connectivity index (χ0n) is 7.48. The van der Waals surface area contributed by atoms with Gasteiger partial charge in [0.1, 0.15) is 5.82 Å². The van der Waals surface area contributed by atoms with E-state index in [-0.39, 0.29) is 5.82 Å². The Balaban J connectivity index is 2.51. The molecular formula is C10H11ClFN. The lowest BCUT2D eigenvalue weighted by atomic mass is 9.99. The number of hydrogen-bond acceptors (Lipinski definition) is 1. The smallest absolute Gasteiger partial charge is 0.128 e. The van der Waals surface area contributed by atoms with Crippen LogP contribution in [0.25, 0.3) is 0 Å². The molecule has 13 heavy (non-hydrogen) atoms. The second-order valence-electron chi connectivity index (χ2n) is 3.47. The molecule has 1 aliphatic heterocycles. The van der Waals surface area contributed by atoms with E-state index >= 15 is 0 Å². The summed E-state index contributed by atoms with van der Waals surface area (Å²) >= 11 is 5.98. The van der Waals surface area contributed by atoms with Crippen LogP contribution < -0.4 is 0 Å². The Morgan fingerprint density at radius 1 is 1.38 bits per heavy atom. The molecular weight excluding hydrogens is 189 g/mol. The molecule has 1 aliphatic rings. The van der Waals surface area contributed by atoms with Crippen LogP contribution in [-0.4, -0.2) is 18.5 Å². The number of rotatable bonds is 0. The third-order valence-corrected chi connectivity index (χ3v) is 2.84. The fourth-order valence-corrected chi connectivity index (χ4v) is 2.00. The van der Waals surface area contributed by atoms with Gasteiger partial charge in [-0.15, -0.1) is 0 Å². The lowest BCUT2D eigenvalue weighted by Gasteiger charge is -2.25. The van der Waals surface area contributed by atoms with E-state index in [2.05, 4.69) is 4.90 Å². The molecule has 0 aliphatic carbocycles. The number of halogens is 2. The first kappa shape index (κ1) is 8.97.